The summed E-state index contributed by atoms with van der Waals surface area (Å²) in [6.07, 6.45) is 1.95. The lowest BCUT2D eigenvalue weighted by molar-refractivity contribution is 0.864. The van der Waals surface area contributed by atoms with E-state index in [2.05, 4.69) is 48.1 Å². The van der Waals surface area contributed by atoms with Crippen LogP contribution in [0.2, 0.25) is 0 Å². The van der Waals surface area contributed by atoms with E-state index in [0.717, 1.165) is 9.92 Å². The molecule has 1 aromatic heterocycles. The number of nitrogens with two attached hydrogens (primary N) is 1. The molecule has 0 aliphatic heterocycles. The summed E-state index contributed by atoms with van der Waals surface area (Å²) in [6.45, 7) is 4.38. The van der Waals surface area contributed by atoms with Gasteiger partial charge in [0.25, 0.3) is 0 Å². The average molecular weight is 291 g/mol. The molecule has 0 aliphatic carbocycles. The molecule has 0 amide bonds. The van der Waals surface area contributed by atoms with Crippen LogP contribution < -0.4 is 5.73 Å². The summed E-state index contributed by atoms with van der Waals surface area (Å²) in [6, 6.07) is 10.4. The predicted molar refractivity (Wildman–Crippen MR) is 82.9 cm³/mol. The Morgan fingerprint density at radius 1 is 1.11 bits per heavy atom. The number of hydrogen-bond donors (Lipinski definition) is 1. The predicted octanol–water partition coefficient (Wildman–Crippen LogP) is 4.06. The number of rotatable bonds is 4. The van der Waals surface area contributed by atoms with Gasteiger partial charge >= 0.3 is 0 Å². The molecule has 2 aromatic rings. The minimum atomic E-state index is 0.514. The van der Waals surface area contributed by atoms with E-state index in [1.807, 2.05) is 6.26 Å². The van der Waals surface area contributed by atoms with Crippen LogP contribution in [0.25, 0.3) is 0 Å². The largest absolute Gasteiger partial charge is 0.384 e. The second-order valence-corrected chi connectivity index (χ2v) is 6.31. The van der Waals surface area contributed by atoms with Gasteiger partial charge in [0.2, 0.25) is 0 Å². The fraction of sp³-hybridized carbons (Fsp3) is 0.286. The monoisotopic (exact) mass is 291 g/mol. The zero-order valence-electron chi connectivity index (χ0n) is 11.3. The van der Waals surface area contributed by atoms with Crippen LogP contribution in [-0.4, -0.2) is 16.2 Å². The van der Waals surface area contributed by atoms with Crippen LogP contribution in [0.3, 0.4) is 0 Å². The molecular formula is C14H17N3S2. The van der Waals surface area contributed by atoms with Crippen LogP contribution in [0, 0.1) is 0 Å². The van der Waals surface area contributed by atoms with E-state index < -0.39 is 0 Å². The maximum Gasteiger partial charge on any atom is 0.190 e. The van der Waals surface area contributed by atoms with E-state index in [1.165, 1.54) is 17.3 Å². The van der Waals surface area contributed by atoms with Crippen molar-refractivity contribution in [1.82, 2.24) is 9.97 Å². The molecule has 0 bridgehead atoms. The summed E-state index contributed by atoms with van der Waals surface area (Å²) in [5.41, 5.74) is 7.12. The Bertz CT molecular complexity index is 553. The number of thioether (sulfide) groups is 1. The molecule has 0 atom stereocenters. The molecular weight excluding hydrogens is 274 g/mol. The normalized spacial score (nSPS) is 10.9. The topological polar surface area (TPSA) is 51.8 Å². The van der Waals surface area contributed by atoms with Crippen LogP contribution in [0.5, 0.6) is 0 Å². The van der Waals surface area contributed by atoms with Crippen molar-refractivity contribution in [2.75, 3.05) is 12.0 Å². The van der Waals surface area contributed by atoms with Crippen LogP contribution in [0.15, 0.2) is 45.4 Å². The Morgan fingerprint density at radius 3 is 2.37 bits per heavy atom. The third-order valence-electron chi connectivity index (χ3n) is 2.65. The zero-order chi connectivity index (χ0) is 13.8. The van der Waals surface area contributed by atoms with Gasteiger partial charge < -0.3 is 5.73 Å². The summed E-state index contributed by atoms with van der Waals surface area (Å²) in [4.78, 5) is 9.75. The minimum Gasteiger partial charge on any atom is -0.384 e. The minimum absolute atomic E-state index is 0.514. The van der Waals surface area contributed by atoms with E-state index in [-0.39, 0.29) is 0 Å². The first-order valence-electron chi connectivity index (χ1n) is 6.05. The Hall–Kier alpha value is -1.20. The van der Waals surface area contributed by atoms with Gasteiger partial charge in [-0.15, -0.1) is 0 Å². The van der Waals surface area contributed by atoms with Crippen LogP contribution in [0.4, 0.5) is 5.82 Å². The molecule has 0 unspecified atom stereocenters. The van der Waals surface area contributed by atoms with Gasteiger partial charge in [0.1, 0.15) is 10.8 Å². The lowest BCUT2D eigenvalue weighted by atomic mass is 10.0. The molecule has 19 heavy (non-hydrogen) atoms. The van der Waals surface area contributed by atoms with Crippen LogP contribution in [0.1, 0.15) is 25.3 Å². The number of hydrogen-bond acceptors (Lipinski definition) is 5. The zero-order valence-corrected chi connectivity index (χ0v) is 12.9. The molecule has 3 nitrogen and oxygen atoms in total. The maximum atomic E-state index is 5.77. The fourth-order valence-electron chi connectivity index (χ4n) is 1.61. The molecule has 1 heterocycles. The van der Waals surface area contributed by atoms with E-state index in [1.54, 1.807) is 17.8 Å². The van der Waals surface area contributed by atoms with Crippen molar-refractivity contribution < 1.29 is 0 Å². The third kappa shape index (κ3) is 3.88. The molecule has 2 rings (SSSR count). The number of aromatic nitrogens is 2. The van der Waals surface area contributed by atoms with Gasteiger partial charge in [0.05, 0.1) is 0 Å². The van der Waals surface area contributed by atoms with E-state index in [9.17, 15) is 0 Å². The van der Waals surface area contributed by atoms with E-state index >= 15 is 0 Å². The summed E-state index contributed by atoms with van der Waals surface area (Å²) >= 11 is 3.11. The van der Waals surface area contributed by atoms with Crippen molar-refractivity contribution in [1.29, 1.82) is 0 Å². The fourth-order valence-corrected chi connectivity index (χ4v) is 2.88. The van der Waals surface area contributed by atoms with Crippen molar-refractivity contribution in [3.8, 4) is 0 Å². The van der Waals surface area contributed by atoms with Gasteiger partial charge in [-0.2, -0.15) is 0 Å². The van der Waals surface area contributed by atoms with Gasteiger partial charge in [-0.1, -0.05) is 49.5 Å². The second kappa shape index (κ2) is 6.30. The van der Waals surface area contributed by atoms with Crippen molar-refractivity contribution in [2.45, 2.75) is 34.8 Å². The van der Waals surface area contributed by atoms with E-state index in [4.69, 9.17) is 5.73 Å². The van der Waals surface area contributed by atoms with Crippen LogP contribution in [-0.2, 0) is 0 Å². The molecule has 0 saturated heterocycles. The molecule has 0 saturated carbocycles. The molecule has 0 aliphatic rings. The number of nitrogen functional groups attached to an aromatic ring is 1. The number of nitrogens with zero attached hydrogens (tertiary/aromatic N) is 2. The van der Waals surface area contributed by atoms with E-state index in [0.29, 0.717) is 16.9 Å². The molecule has 100 valence electrons. The highest BCUT2D eigenvalue weighted by molar-refractivity contribution is 7.99. The second-order valence-electron chi connectivity index (χ2n) is 4.44. The summed E-state index contributed by atoms with van der Waals surface area (Å²) in [5, 5.41) is 1.59. The molecule has 0 fully saturated rings. The Kier molecular flexibility index (Phi) is 4.71. The highest BCUT2D eigenvalue weighted by Gasteiger charge is 2.05. The summed E-state index contributed by atoms with van der Waals surface area (Å²) in [5.74, 6) is 1.07. The molecule has 1 aromatic carbocycles. The van der Waals surface area contributed by atoms with Gasteiger partial charge in [-0.25, -0.2) is 9.97 Å². The lowest BCUT2D eigenvalue weighted by Gasteiger charge is -2.07. The molecule has 2 N–H and O–H groups in total. The first-order valence-corrected chi connectivity index (χ1v) is 8.09. The smallest absolute Gasteiger partial charge is 0.190 e. The third-order valence-corrected chi connectivity index (χ3v) is 4.13. The van der Waals surface area contributed by atoms with Gasteiger partial charge in [0, 0.05) is 11.0 Å². The summed E-state index contributed by atoms with van der Waals surface area (Å²) < 4.78 is 0. The van der Waals surface area contributed by atoms with Crippen molar-refractivity contribution >= 4 is 29.3 Å². The SMILES string of the molecule is CSc1nc(N)cc(Sc2ccc(C(C)C)cc2)n1. The lowest BCUT2D eigenvalue weighted by Crippen LogP contribution is -1.95. The number of anilines is 1. The summed E-state index contributed by atoms with van der Waals surface area (Å²) in [7, 11) is 0. The molecule has 5 heteroatoms. The Labute approximate surface area is 122 Å². The molecule has 0 radical (unpaired) electrons. The van der Waals surface area contributed by atoms with Gasteiger partial charge in [0.15, 0.2) is 5.16 Å². The standard InChI is InChI=1S/C14H17N3S2/c1-9(2)10-4-6-11(7-5-10)19-13-8-12(15)16-14(17-13)18-3/h4-9H,1-3H3,(H2,15,16,17). The maximum absolute atomic E-state index is 5.77. The highest BCUT2D eigenvalue weighted by Crippen LogP contribution is 2.29. The van der Waals surface area contributed by atoms with Gasteiger partial charge in [-0.05, 0) is 29.9 Å². The molecule has 0 spiro atoms. The first-order chi connectivity index (χ1) is 9.08. The Morgan fingerprint density at radius 2 is 1.79 bits per heavy atom. The highest BCUT2D eigenvalue weighted by atomic mass is 32.2. The number of benzene rings is 1. The van der Waals surface area contributed by atoms with Crippen molar-refractivity contribution in [3.63, 3.8) is 0 Å². The van der Waals surface area contributed by atoms with Gasteiger partial charge in [-0.3, -0.25) is 0 Å². The first kappa shape index (κ1) is 14.2. The van der Waals surface area contributed by atoms with Crippen molar-refractivity contribution in [3.05, 3.63) is 35.9 Å². The Balaban J connectivity index is 2.18. The van der Waals surface area contributed by atoms with Crippen molar-refractivity contribution in [2.24, 2.45) is 0 Å². The quantitative estimate of drug-likeness (QED) is 0.523. The average Bonchev–Trinajstić information content (AvgIpc) is 2.38. The van der Waals surface area contributed by atoms with Crippen LogP contribution >= 0.6 is 23.5 Å².